The molecule has 1 unspecified atom stereocenters. The highest BCUT2D eigenvalue weighted by atomic mass is 17.2. The molecule has 2 heterocycles. The van der Waals surface area contributed by atoms with Gasteiger partial charge in [-0.15, -0.1) is 0 Å². The minimum atomic E-state index is -1.73. The van der Waals surface area contributed by atoms with Crippen LogP contribution < -0.4 is 0 Å². The summed E-state index contributed by atoms with van der Waals surface area (Å²) in [6, 6.07) is 5.04. The van der Waals surface area contributed by atoms with Gasteiger partial charge in [0, 0.05) is 0 Å². The van der Waals surface area contributed by atoms with Crippen molar-refractivity contribution in [3.05, 3.63) is 35.4 Å². The fourth-order valence-electron chi connectivity index (χ4n) is 1.44. The quantitative estimate of drug-likeness (QED) is 0.577. The van der Waals surface area contributed by atoms with Gasteiger partial charge in [-0.05, 0) is 24.3 Å². The molecule has 0 spiro atoms. The second-order valence-electron chi connectivity index (χ2n) is 3.84. The zero-order chi connectivity index (χ0) is 14.7. The van der Waals surface area contributed by atoms with E-state index in [9.17, 15) is 19.2 Å². The maximum Gasteiger partial charge on any atom is 0.386 e. The molecule has 2 aliphatic heterocycles. The van der Waals surface area contributed by atoms with Gasteiger partial charge >= 0.3 is 23.9 Å². The molecule has 2 bridgehead atoms. The summed E-state index contributed by atoms with van der Waals surface area (Å²) in [4.78, 5) is 53.7. The van der Waals surface area contributed by atoms with Crippen LogP contribution in [0.1, 0.15) is 27.1 Å². The summed E-state index contributed by atoms with van der Waals surface area (Å²) in [7, 11) is 0. The van der Waals surface area contributed by atoms with Gasteiger partial charge in [0.1, 0.15) is 0 Å². The Morgan fingerprint density at radius 1 is 1.00 bits per heavy atom. The highest BCUT2D eigenvalue weighted by molar-refractivity contribution is 5.95. The van der Waals surface area contributed by atoms with Crippen LogP contribution in [-0.2, 0) is 24.1 Å². The summed E-state index contributed by atoms with van der Waals surface area (Å²) in [6.07, 6.45) is -2.50. The number of ether oxygens (including phenoxy) is 1. The first kappa shape index (κ1) is 13.5. The molecule has 0 fully saturated rings. The smallest absolute Gasteiger partial charge is 0.386 e. The first-order chi connectivity index (χ1) is 9.47. The Balaban J connectivity index is 2.34. The van der Waals surface area contributed by atoms with Crippen molar-refractivity contribution in [3.63, 3.8) is 0 Å². The number of aliphatic carboxylic acids is 1. The number of esters is 1. The third-order valence-electron chi connectivity index (χ3n) is 2.44. The highest BCUT2D eigenvalue weighted by Gasteiger charge is 2.29. The molecule has 104 valence electrons. The van der Waals surface area contributed by atoms with Gasteiger partial charge in [0.2, 0.25) is 6.10 Å². The Morgan fingerprint density at radius 3 is 2.10 bits per heavy atom. The minimum absolute atomic E-state index is 0.0433. The predicted molar refractivity (Wildman–Crippen MR) is 59.4 cm³/mol. The van der Waals surface area contributed by atoms with Crippen LogP contribution in [0.5, 0.6) is 0 Å². The van der Waals surface area contributed by atoms with E-state index >= 15 is 0 Å². The number of carbonyl (C=O) groups excluding carboxylic acids is 3. The lowest BCUT2D eigenvalue weighted by Gasteiger charge is -2.14. The Hall–Kier alpha value is -2.90. The number of hydrogen-bond acceptors (Lipinski definition) is 7. The number of hydrogen-bond donors (Lipinski definition) is 1. The van der Waals surface area contributed by atoms with Gasteiger partial charge in [-0.3, -0.25) is 0 Å². The number of carbonyl (C=O) groups is 4. The normalized spacial score (nSPS) is 19.2. The second kappa shape index (κ2) is 5.39. The van der Waals surface area contributed by atoms with Crippen LogP contribution >= 0.6 is 0 Å². The van der Waals surface area contributed by atoms with Crippen molar-refractivity contribution in [1.82, 2.24) is 0 Å². The largest absolute Gasteiger partial charge is 0.478 e. The second-order valence-corrected chi connectivity index (χ2v) is 3.84. The molecule has 8 nitrogen and oxygen atoms in total. The monoisotopic (exact) mass is 280 g/mol. The number of carboxylic acid groups (broad SMARTS) is 1. The van der Waals surface area contributed by atoms with Gasteiger partial charge in [0.05, 0.1) is 17.5 Å². The minimum Gasteiger partial charge on any atom is -0.478 e. The van der Waals surface area contributed by atoms with Crippen molar-refractivity contribution in [1.29, 1.82) is 0 Å². The van der Waals surface area contributed by atoms with Crippen molar-refractivity contribution in [2.45, 2.75) is 12.5 Å². The van der Waals surface area contributed by atoms with Crippen LogP contribution in [-0.4, -0.2) is 35.1 Å². The molecule has 0 amide bonds. The third kappa shape index (κ3) is 2.91. The van der Waals surface area contributed by atoms with Crippen LogP contribution in [0.4, 0.5) is 0 Å². The van der Waals surface area contributed by atoms with Gasteiger partial charge in [0.25, 0.3) is 0 Å². The van der Waals surface area contributed by atoms with E-state index in [1.807, 2.05) is 0 Å². The highest BCUT2D eigenvalue weighted by Crippen LogP contribution is 2.12. The van der Waals surface area contributed by atoms with Gasteiger partial charge in [-0.2, -0.15) is 0 Å². The topological polar surface area (TPSA) is 116 Å². The van der Waals surface area contributed by atoms with Gasteiger partial charge < -0.3 is 9.84 Å². The van der Waals surface area contributed by atoms with Crippen molar-refractivity contribution < 1.29 is 38.8 Å². The molecular weight excluding hydrogens is 272 g/mol. The molecule has 1 aromatic rings. The lowest BCUT2D eigenvalue weighted by Crippen LogP contribution is -2.31. The van der Waals surface area contributed by atoms with E-state index in [0.717, 1.165) is 0 Å². The van der Waals surface area contributed by atoms with Crippen molar-refractivity contribution in [2.24, 2.45) is 0 Å². The third-order valence-corrected chi connectivity index (χ3v) is 2.44. The molecule has 3 rings (SSSR count). The molecule has 1 aromatic carbocycles. The van der Waals surface area contributed by atoms with Crippen LogP contribution in [0.3, 0.4) is 0 Å². The van der Waals surface area contributed by atoms with Crippen molar-refractivity contribution in [2.75, 3.05) is 0 Å². The summed E-state index contributed by atoms with van der Waals surface area (Å²) in [6.45, 7) is 0. The molecule has 0 saturated carbocycles. The van der Waals surface area contributed by atoms with Gasteiger partial charge in [-0.25, -0.2) is 29.0 Å². The van der Waals surface area contributed by atoms with E-state index < -0.39 is 36.4 Å². The van der Waals surface area contributed by atoms with Crippen LogP contribution in [0.15, 0.2) is 24.3 Å². The molecule has 20 heavy (non-hydrogen) atoms. The van der Waals surface area contributed by atoms with E-state index in [1.54, 1.807) is 0 Å². The van der Waals surface area contributed by atoms with E-state index in [4.69, 9.17) is 5.11 Å². The summed E-state index contributed by atoms with van der Waals surface area (Å²) in [5, 5.41) is 8.86. The van der Waals surface area contributed by atoms with E-state index in [-0.39, 0.29) is 11.1 Å². The Labute approximate surface area is 111 Å². The average molecular weight is 280 g/mol. The van der Waals surface area contributed by atoms with Crippen LogP contribution in [0.25, 0.3) is 0 Å². The number of benzene rings is 1. The van der Waals surface area contributed by atoms with Crippen molar-refractivity contribution in [3.8, 4) is 0 Å². The molecule has 1 atom stereocenters. The van der Waals surface area contributed by atoms with E-state index in [2.05, 4.69) is 14.5 Å². The fourth-order valence-corrected chi connectivity index (χ4v) is 1.44. The number of carboxylic acids is 1. The Kier molecular flexibility index (Phi) is 3.65. The summed E-state index contributed by atoms with van der Waals surface area (Å²) < 4.78 is 4.68. The van der Waals surface area contributed by atoms with Crippen LogP contribution in [0, 0.1) is 0 Å². The van der Waals surface area contributed by atoms with E-state index in [1.165, 1.54) is 24.3 Å². The summed E-state index contributed by atoms with van der Waals surface area (Å²) in [5.74, 6) is -4.53. The average Bonchev–Trinajstić information content (AvgIpc) is 2.43. The summed E-state index contributed by atoms with van der Waals surface area (Å²) in [5.41, 5.74) is 0.103. The molecule has 0 radical (unpaired) electrons. The fraction of sp³-hybridized carbons (Fsp3) is 0.167. The van der Waals surface area contributed by atoms with Crippen LogP contribution in [0.2, 0.25) is 0 Å². The molecule has 1 N–H and O–H groups in total. The number of fused-ring (bicyclic) bond motifs is 9. The Morgan fingerprint density at radius 2 is 1.55 bits per heavy atom. The molecule has 8 heteroatoms. The molecule has 2 aliphatic rings. The first-order valence-electron chi connectivity index (χ1n) is 5.43. The summed E-state index contributed by atoms with van der Waals surface area (Å²) >= 11 is 0. The molecule has 0 saturated heterocycles. The number of rotatable bonds is 1. The van der Waals surface area contributed by atoms with E-state index in [0.29, 0.717) is 0 Å². The lowest BCUT2D eigenvalue weighted by atomic mass is 10.1. The maximum absolute atomic E-state index is 11.7. The predicted octanol–water partition coefficient (Wildman–Crippen LogP) is 0.315. The lowest BCUT2D eigenvalue weighted by molar-refractivity contribution is -0.235. The molecular formula is C12H8O8. The van der Waals surface area contributed by atoms with Crippen molar-refractivity contribution >= 4 is 23.9 Å². The zero-order valence-electron chi connectivity index (χ0n) is 9.90. The standard InChI is InChI=1S/C12H8O8/c13-9-5-8(10(14)15)18-11(16)6-1-3-7(4-2-6)12(17)20-19-9/h1-4,8H,5H2,(H,14,15). The SMILES string of the molecule is O=C1CC(C(=O)O)OC(=O)c2ccc(cc2)C(=O)OO1. The zero-order valence-corrected chi connectivity index (χ0v) is 9.90. The molecule has 0 aromatic heterocycles. The van der Waals surface area contributed by atoms with Gasteiger partial charge in [0.15, 0.2) is 0 Å². The first-order valence-corrected chi connectivity index (χ1v) is 5.43. The van der Waals surface area contributed by atoms with Gasteiger partial charge in [-0.1, -0.05) is 0 Å². The maximum atomic E-state index is 11.7. The molecule has 0 aliphatic carbocycles. The Bertz CT molecular complexity index is 574.